The molecule has 44 heavy (non-hydrogen) atoms. The first-order chi connectivity index (χ1) is 21.9. The quantitative estimate of drug-likeness (QED) is 0.215. The molecule has 0 atom stereocenters. The van der Waals surface area contributed by atoms with Crippen LogP contribution in [-0.2, 0) is 0 Å². The van der Waals surface area contributed by atoms with Gasteiger partial charge in [-0.15, -0.1) is 0 Å². The van der Waals surface area contributed by atoms with Gasteiger partial charge in [-0.1, -0.05) is 84.9 Å². The van der Waals surface area contributed by atoms with E-state index in [-0.39, 0.29) is 0 Å². The average Bonchev–Trinajstić information content (AvgIpc) is 3.81. The second-order valence-electron chi connectivity index (χ2n) is 11.2. The molecule has 4 aromatic heterocycles. The first-order valence-electron chi connectivity index (χ1n) is 14.8. The van der Waals surface area contributed by atoms with Crippen LogP contribution in [0.2, 0.25) is 0 Å². The van der Waals surface area contributed by atoms with Crippen molar-refractivity contribution in [2.24, 2.45) is 0 Å². The molecule has 4 heterocycles. The summed E-state index contributed by atoms with van der Waals surface area (Å²) in [6.45, 7) is 0. The van der Waals surface area contributed by atoms with Gasteiger partial charge in [0.25, 0.3) is 0 Å². The molecule has 0 aliphatic rings. The van der Waals surface area contributed by atoms with Crippen molar-refractivity contribution in [2.75, 3.05) is 0 Å². The Labute approximate surface area is 251 Å². The highest BCUT2D eigenvalue weighted by atomic mass is 15.2. The Kier molecular flexibility index (Phi) is 4.63. The second kappa shape index (κ2) is 8.69. The van der Waals surface area contributed by atoms with E-state index in [1.165, 1.54) is 0 Å². The molecule has 6 nitrogen and oxygen atoms in total. The molecule has 6 heteroatoms. The van der Waals surface area contributed by atoms with Crippen molar-refractivity contribution in [3.05, 3.63) is 146 Å². The lowest BCUT2D eigenvalue weighted by Crippen LogP contribution is -1.94. The summed E-state index contributed by atoms with van der Waals surface area (Å²) in [5.41, 5.74) is 13.0. The molecule has 0 spiro atoms. The van der Waals surface area contributed by atoms with Crippen molar-refractivity contribution in [3.63, 3.8) is 0 Å². The Hall–Kier alpha value is -6.14. The van der Waals surface area contributed by atoms with Gasteiger partial charge in [0.05, 0.1) is 44.1 Å². The van der Waals surface area contributed by atoms with Gasteiger partial charge in [0, 0.05) is 22.5 Å². The SMILES string of the molecule is c1ccc(-n2c3ccccc3n3c4c(-c5cccc6nc7n(-c8ccccc8)c8ccccc8n7c56)cccc4nc23)cc1. The normalized spacial score (nSPS) is 12.1. The van der Waals surface area contributed by atoms with E-state index in [2.05, 4.69) is 151 Å². The smallest absolute Gasteiger partial charge is 0.220 e. The van der Waals surface area contributed by atoms with E-state index in [9.17, 15) is 0 Å². The summed E-state index contributed by atoms with van der Waals surface area (Å²) in [6, 6.07) is 51.0. The third-order valence-corrected chi connectivity index (χ3v) is 8.76. The molecule has 0 aliphatic carbocycles. The van der Waals surface area contributed by atoms with Crippen molar-refractivity contribution >= 4 is 55.7 Å². The number of fused-ring (bicyclic) bond motifs is 10. The maximum Gasteiger partial charge on any atom is 0.220 e. The number of rotatable bonds is 3. The fourth-order valence-electron chi connectivity index (χ4n) is 6.98. The van der Waals surface area contributed by atoms with Crippen LogP contribution in [0, 0.1) is 0 Å². The molecule has 0 saturated heterocycles. The van der Waals surface area contributed by atoms with E-state index in [1.807, 2.05) is 12.1 Å². The van der Waals surface area contributed by atoms with Crippen molar-refractivity contribution in [1.82, 2.24) is 27.9 Å². The van der Waals surface area contributed by atoms with Crippen LogP contribution in [0.4, 0.5) is 0 Å². The zero-order valence-electron chi connectivity index (χ0n) is 23.5. The van der Waals surface area contributed by atoms with Gasteiger partial charge in [0.2, 0.25) is 11.6 Å². The summed E-state index contributed by atoms with van der Waals surface area (Å²) >= 11 is 0. The molecule has 6 aromatic carbocycles. The van der Waals surface area contributed by atoms with E-state index in [4.69, 9.17) is 9.97 Å². The Morgan fingerprint density at radius 3 is 1.16 bits per heavy atom. The molecular formula is C38H24N6. The van der Waals surface area contributed by atoms with Crippen LogP contribution in [-0.4, -0.2) is 27.9 Å². The standard InChI is InChI=1S/C38H24N6/c1-3-13-25(14-4-1)41-31-21-7-9-23-33(31)43-35-27(17-11-19-29(35)39-37(41)43)28-18-12-20-30-36(28)44-34-24-10-8-22-32(34)42(38(44)40-30)26-15-5-2-6-16-26/h1-24H. The first-order valence-corrected chi connectivity index (χ1v) is 14.8. The molecule has 0 N–H and O–H groups in total. The van der Waals surface area contributed by atoms with Crippen LogP contribution in [0.25, 0.3) is 78.2 Å². The van der Waals surface area contributed by atoms with Crippen LogP contribution in [0.3, 0.4) is 0 Å². The molecular weight excluding hydrogens is 540 g/mol. The number of hydrogen-bond acceptors (Lipinski definition) is 2. The number of nitrogens with zero attached hydrogens (tertiary/aromatic N) is 6. The first kappa shape index (κ1) is 23.4. The largest absolute Gasteiger partial charge is 0.278 e. The predicted octanol–water partition coefficient (Wildman–Crippen LogP) is 8.84. The minimum absolute atomic E-state index is 0.895. The van der Waals surface area contributed by atoms with Crippen LogP contribution in [0.5, 0.6) is 0 Å². The summed E-state index contributed by atoms with van der Waals surface area (Å²) in [5, 5.41) is 0. The molecule has 10 rings (SSSR count). The third kappa shape index (κ3) is 3.03. The zero-order chi connectivity index (χ0) is 28.8. The monoisotopic (exact) mass is 564 g/mol. The predicted molar refractivity (Wildman–Crippen MR) is 178 cm³/mol. The molecule has 0 aliphatic heterocycles. The molecule has 10 aromatic rings. The number of benzene rings is 6. The minimum atomic E-state index is 0.895. The lowest BCUT2D eigenvalue weighted by atomic mass is 10.0. The van der Waals surface area contributed by atoms with Crippen LogP contribution < -0.4 is 0 Å². The van der Waals surface area contributed by atoms with Crippen molar-refractivity contribution < 1.29 is 0 Å². The average molecular weight is 565 g/mol. The zero-order valence-corrected chi connectivity index (χ0v) is 23.5. The van der Waals surface area contributed by atoms with Crippen LogP contribution in [0.1, 0.15) is 0 Å². The highest BCUT2D eigenvalue weighted by Gasteiger charge is 2.23. The van der Waals surface area contributed by atoms with E-state index in [0.29, 0.717) is 0 Å². The summed E-state index contributed by atoms with van der Waals surface area (Å²) in [6.07, 6.45) is 0. The van der Waals surface area contributed by atoms with Crippen molar-refractivity contribution in [1.29, 1.82) is 0 Å². The Balaban J connectivity index is 1.36. The Morgan fingerprint density at radius 1 is 0.341 bits per heavy atom. The van der Waals surface area contributed by atoms with Gasteiger partial charge in [-0.3, -0.25) is 17.9 Å². The van der Waals surface area contributed by atoms with Gasteiger partial charge in [-0.25, -0.2) is 9.97 Å². The summed E-state index contributed by atoms with van der Waals surface area (Å²) < 4.78 is 9.14. The van der Waals surface area contributed by atoms with Gasteiger partial charge in [0.1, 0.15) is 0 Å². The lowest BCUT2D eigenvalue weighted by molar-refractivity contribution is 1.11. The topological polar surface area (TPSA) is 44.5 Å². The second-order valence-corrected chi connectivity index (χ2v) is 11.2. The summed E-state index contributed by atoms with van der Waals surface area (Å²) in [5.74, 6) is 1.79. The molecule has 0 fully saturated rings. The molecule has 0 amide bonds. The fourth-order valence-corrected chi connectivity index (χ4v) is 6.98. The summed E-state index contributed by atoms with van der Waals surface area (Å²) in [4.78, 5) is 10.5. The van der Waals surface area contributed by atoms with E-state index < -0.39 is 0 Å². The Morgan fingerprint density at radius 2 is 0.727 bits per heavy atom. The molecule has 206 valence electrons. The minimum Gasteiger partial charge on any atom is -0.278 e. The highest BCUT2D eigenvalue weighted by Crippen LogP contribution is 2.39. The van der Waals surface area contributed by atoms with Crippen LogP contribution >= 0.6 is 0 Å². The molecule has 0 unspecified atom stereocenters. The molecule has 0 radical (unpaired) electrons. The number of imidazole rings is 4. The van der Waals surface area contributed by atoms with E-state index in [1.54, 1.807) is 0 Å². The van der Waals surface area contributed by atoms with Crippen molar-refractivity contribution in [3.8, 4) is 22.5 Å². The van der Waals surface area contributed by atoms with Gasteiger partial charge in [-0.05, 0) is 60.7 Å². The van der Waals surface area contributed by atoms with Crippen LogP contribution in [0.15, 0.2) is 146 Å². The van der Waals surface area contributed by atoms with E-state index >= 15 is 0 Å². The fraction of sp³-hybridized carbons (Fsp3) is 0. The number of para-hydroxylation sites is 8. The third-order valence-electron chi connectivity index (χ3n) is 8.76. The lowest BCUT2D eigenvalue weighted by Gasteiger charge is -2.07. The molecule has 0 saturated carbocycles. The van der Waals surface area contributed by atoms with Gasteiger partial charge >= 0.3 is 0 Å². The van der Waals surface area contributed by atoms with Gasteiger partial charge in [0.15, 0.2) is 0 Å². The number of aromatic nitrogens is 6. The van der Waals surface area contributed by atoms with Crippen molar-refractivity contribution in [2.45, 2.75) is 0 Å². The summed E-state index contributed by atoms with van der Waals surface area (Å²) in [7, 11) is 0. The van der Waals surface area contributed by atoms with Gasteiger partial charge < -0.3 is 0 Å². The molecule has 0 bridgehead atoms. The Bertz CT molecular complexity index is 2520. The van der Waals surface area contributed by atoms with E-state index in [0.717, 1.165) is 78.2 Å². The number of hydrogen-bond donors (Lipinski definition) is 0. The highest BCUT2D eigenvalue weighted by molar-refractivity contribution is 6.06. The maximum absolute atomic E-state index is 5.24. The van der Waals surface area contributed by atoms with Gasteiger partial charge in [-0.2, -0.15) is 0 Å². The maximum atomic E-state index is 5.24.